The van der Waals surface area contributed by atoms with Crippen molar-refractivity contribution >= 4 is 50.4 Å². The highest BCUT2D eigenvalue weighted by molar-refractivity contribution is 7.22. The first-order chi connectivity index (χ1) is 14.4. The van der Waals surface area contributed by atoms with Crippen molar-refractivity contribution in [2.24, 2.45) is 0 Å². The lowest BCUT2D eigenvalue weighted by Gasteiger charge is -2.21. The van der Waals surface area contributed by atoms with Crippen molar-refractivity contribution < 1.29 is 23.9 Å². The molecule has 3 amide bonds. The molecule has 152 valence electrons. The lowest BCUT2D eigenvalue weighted by Crippen LogP contribution is -2.45. The third-order valence-corrected chi connectivity index (χ3v) is 5.66. The van der Waals surface area contributed by atoms with Crippen molar-refractivity contribution in [3.63, 3.8) is 0 Å². The number of amides is 3. The minimum absolute atomic E-state index is 0.274. The zero-order valence-electron chi connectivity index (χ0n) is 16.2. The number of hydrogen-bond acceptors (Lipinski definition) is 7. The summed E-state index contributed by atoms with van der Waals surface area (Å²) in [6.07, 6.45) is 0. The van der Waals surface area contributed by atoms with Crippen LogP contribution in [0.1, 0.15) is 44.9 Å². The molecule has 3 aromatic rings. The highest BCUT2D eigenvalue weighted by Gasteiger charge is 2.40. The van der Waals surface area contributed by atoms with Crippen LogP contribution in [0.2, 0.25) is 0 Å². The fourth-order valence-corrected chi connectivity index (χ4v) is 4.11. The Bertz CT molecular complexity index is 1170. The van der Waals surface area contributed by atoms with Gasteiger partial charge in [-0.2, -0.15) is 0 Å². The Morgan fingerprint density at radius 3 is 2.43 bits per heavy atom. The van der Waals surface area contributed by atoms with E-state index >= 15 is 0 Å². The summed E-state index contributed by atoms with van der Waals surface area (Å²) in [5.41, 5.74) is 1.57. The van der Waals surface area contributed by atoms with Crippen LogP contribution in [0.3, 0.4) is 0 Å². The predicted molar refractivity (Wildman–Crippen MR) is 111 cm³/mol. The minimum Gasteiger partial charge on any atom is -0.462 e. The Hall–Kier alpha value is -3.59. The third-order valence-electron chi connectivity index (χ3n) is 4.72. The Balaban J connectivity index is 1.52. The van der Waals surface area contributed by atoms with Gasteiger partial charge in [-0.3, -0.25) is 19.3 Å². The van der Waals surface area contributed by atoms with Crippen molar-refractivity contribution in [3.8, 4) is 0 Å². The number of carbonyl (C=O) groups excluding carboxylic acids is 4. The van der Waals surface area contributed by atoms with Gasteiger partial charge in [0.05, 0.1) is 33.5 Å². The Kier molecular flexibility index (Phi) is 5.04. The van der Waals surface area contributed by atoms with Crippen LogP contribution in [-0.2, 0) is 9.53 Å². The molecule has 0 saturated heterocycles. The number of nitrogens with one attached hydrogen (secondary N) is 1. The molecular weight excluding hydrogens is 406 g/mol. The number of imide groups is 1. The van der Waals surface area contributed by atoms with Crippen molar-refractivity contribution in [2.75, 3.05) is 11.9 Å². The van der Waals surface area contributed by atoms with Gasteiger partial charge in [0.2, 0.25) is 5.91 Å². The van der Waals surface area contributed by atoms with Gasteiger partial charge in [-0.1, -0.05) is 23.5 Å². The van der Waals surface area contributed by atoms with Crippen LogP contribution in [0.5, 0.6) is 0 Å². The van der Waals surface area contributed by atoms with Crippen molar-refractivity contribution in [1.29, 1.82) is 0 Å². The average Bonchev–Trinajstić information content (AvgIpc) is 3.25. The largest absolute Gasteiger partial charge is 0.462 e. The van der Waals surface area contributed by atoms with Gasteiger partial charge < -0.3 is 10.1 Å². The van der Waals surface area contributed by atoms with E-state index in [1.54, 1.807) is 49.4 Å². The molecule has 0 radical (unpaired) electrons. The van der Waals surface area contributed by atoms with Crippen LogP contribution in [0.15, 0.2) is 42.5 Å². The Morgan fingerprint density at radius 2 is 1.80 bits per heavy atom. The predicted octanol–water partition coefficient (Wildman–Crippen LogP) is 3.10. The molecular formula is C21H17N3O5S. The summed E-state index contributed by atoms with van der Waals surface area (Å²) in [4.78, 5) is 55.0. The molecule has 1 aliphatic rings. The summed E-state index contributed by atoms with van der Waals surface area (Å²) in [5.74, 6) is -1.96. The summed E-state index contributed by atoms with van der Waals surface area (Å²) in [6, 6.07) is 10.4. The van der Waals surface area contributed by atoms with Gasteiger partial charge in [0.25, 0.3) is 11.8 Å². The molecule has 0 aliphatic carbocycles. The molecule has 1 aliphatic heterocycles. The SMILES string of the molecule is CCOC(=O)c1ccc2nc(NC(=O)C(C)N3C(=O)c4ccccc4C3=O)sc2c1. The number of benzene rings is 2. The summed E-state index contributed by atoms with van der Waals surface area (Å²) in [7, 11) is 0. The smallest absolute Gasteiger partial charge is 0.338 e. The second kappa shape index (κ2) is 7.68. The zero-order valence-corrected chi connectivity index (χ0v) is 17.0. The van der Waals surface area contributed by atoms with E-state index in [-0.39, 0.29) is 17.7 Å². The summed E-state index contributed by atoms with van der Waals surface area (Å²) in [5, 5.41) is 2.96. The molecule has 1 aromatic heterocycles. The van der Waals surface area contributed by atoms with Crippen LogP contribution in [0.25, 0.3) is 10.2 Å². The molecule has 0 spiro atoms. The first-order valence-electron chi connectivity index (χ1n) is 9.26. The van der Waals surface area contributed by atoms with Crippen LogP contribution in [-0.4, -0.2) is 46.2 Å². The van der Waals surface area contributed by atoms with E-state index in [2.05, 4.69) is 10.3 Å². The van der Waals surface area contributed by atoms with E-state index < -0.39 is 29.7 Å². The standard InChI is InChI=1S/C21H17N3O5S/c1-3-29-20(28)12-8-9-15-16(10-12)30-21(22-15)23-17(25)11(2)24-18(26)13-6-4-5-7-14(13)19(24)27/h4-11H,3H2,1-2H3,(H,22,23,25). The first-order valence-corrected chi connectivity index (χ1v) is 10.1. The van der Waals surface area contributed by atoms with E-state index in [0.29, 0.717) is 20.9 Å². The molecule has 8 nitrogen and oxygen atoms in total. The number of aromatic nitrogens is 1. The maximum Gasteiger partial charge on any atom is 0.338 e. The maximum absolute atomic E-state index is 12.7. The monoisotopic (exact) mass is 423 g/mol. The normalized spacial score (nSPS) is 14.0. The number of nitrogens with zero attached hydrogens (tertiary/aromatic N) is 2. The van der Waals surface area contributed by atoms with Gasteiger partial charge in [0.15, 0.2) is 5.13 Å². The number of ether oxygens (including phenoxy) is 1. The molecule has 0 saturated carbocycles. The number of fused-ring (bicyclic) bond motifs is 2. The van der Waals surface area contributed by atoms with Gasteiger partial charge >= 0.3 is 5.97 Å². The van der Waals surface area contributed by atoms with Crippen molar-refractivity contribution in [3.05, 3.63) is 59.2 Å². The first kappa shape index (κ1) is 19.7. The van der Waals surface area contributed by atoms with E-state index in [1.807, 2.05) is 0 Å². The molecule has 4 rings (SSSR count). The van der Waals surface area contributed by atoms with Gasteiger partial charge in [-0.15, -0.1) is 0 Å². The topological polar surface area (TPSA) is 106 Å². The number of esters is 1. The number of thiazole rings is 1. The quantitative estimate of drug-likeness (QED) is 0.499. The molecule has 1 atom stereocenters. The molecule has 2 aromatic carbocycles. The highest BCUT2D eigenvalue weighted by Crippen LogP contribution is 2.28. The van der Waals surface area contributed by atoms with Gasteiger partial charge in [-0.05, 0) is 44.2 Å². The molecule has 2 heterocycles. The Morgan fingerprint density at radius 1 is 1.13 bits per heavy atom. The second-order valence-electron chi connectivity index (χ2n) is 6.61. The fourth-order valence-electron chi connectivity index (χ4n) is 3.21. The van der Waals surface area contributed by atoms with Gasteiger partial charge in [0.1, 0.15) is 6.04 Å². The summed E-state index contributed by atoms with van der Waals surface area (Å²) in [6.45, 7) is 3.49. The van der Waals surface area contributed by atoms with Crippen molar-refractivity contribution in [1.82, 2.24) is 9.88 Å². The summed E-state index contributed by atoms with van der Waals surface area (Å²) < 4.78 is 5.69. The number of rotatable bonds is 5. The van der Waals surface area contributed by atoms with E-state index in [4.69, 9.17) is 4.74 Å². The van der Waals surface area contributed by atoms with Gasteiger partial charge in [0, 0.05) is 0 Å². The lowest BCUT2D eigenvalue weighted by molar-refractivity contribution is -0.119. The highest BCUT2D eigenvalue weighted by atomic mass is 32.1. The zero-order chi connectivity index (χ0) is 21.4. The third kappa shape index (κ3) is 3.33. The molecule has 0 fully saturated rings. The molecule has 30 heavy (non-hydrogen) atoms. The van der Waals surface area contributed by atoms with Crippen LogP contribution in [0, 0.1) is 0 Å². The van der Waals surface area contributed by atoms with Gasteiger partial charge in [-0.25, -0.2) is 9.78 Å². The van der Waals surface area contributed by atoms with Crippen LogP contribution >= 0.6 is 11.3 Å². The van der Waals surface area contributed by atoms with Crippen LogP contribution < -0.4 is 5.32 Å². The van der Waals surface area contributed by atoms with E-state index in [9.17, 15) is 19.2 Å². The number of hydrogen-bond donors (Lipinski definition) is 1. The molecule has 9 heteroatoms. The van der Waals surface area contributed by atoms with Crippen LogP contribution in [0.4, 0.5) is 5.13 Å². The average molecular weight is 423 g/mol. The van der Waals surface area contributed by atoms with Crippen molar-refractivity contribution in [2.45, 2.75) is 19.9 Å². The summed E-state index contributed by atoms with van der Waals surface area (Å²) >= 11 is 1.18. The van der Waals surface area contributed by atoms with E-state index in [1.165, 1.54) is 18.3 Å². The van der Waals surface area contributed by atoms with E-state index in [0.717, 1.165) is 4.90 Å². The lowest BCUT2D eigenvalue weighted by atomic mass is 10.1. The second-order valence-corrected chi connectivity index (χ2v) is 7.64. The fraction of sp³-hybridized carbons (Fsp3) is 0.190. The molecule has 0 bridgehead atoms. The number of anilines is 1. The molecule has 1 N–H and O–H groups in total. The maximum atomic E-state index is 12.7. The Labute approximate surface area is 175 Å². The minimum atomic E-state index is -1.01. The number of carbonyl (C=O) groups is 4. The molecule has 1 unspecified atom stereocenters.